The van der Waals surface area contributed by atoms with E-state index in [0.717, 1.165) is 30.4 Å². The third-order valence-electron chi connectivity index (χ3n) is 3.04. The van der Waals surface area contributed by atoms with Crippen LogP contribution in [0.2, 0.25) is 0 Å². The highest BCUT2D eigenvalue weighted by molar-refractivity contribution is 6.04. The summed E-state index contributed by atoms with van der Waals surface area (Å²) in [5.41, 5.74) is 1.47. The normalized spacial score (nSPS) is 10.8. The van der Waals surface area contributed by atoms with Gasteiger partial charge in [-0.25, -0.2) is 0 Å². The molecule has 5 heteroatoms. The topological polar surface area (TPSA) is 58.9 Å². The van der Waals surface area contributed by atoms with Crippen molar-refractivity contribution in [1.29, 1.82) is 0 Å². The van der Waals surface area contributed by atoms with Gasteiger partial charge in [-0.05, 0) is 25.6 Å². The fraction of sp³-hybridized carbons (Fsp3) is 0.429. The summed E-state index contributed by atoms with van der Waals surface area (Å²) in [6, 6.07) is 7.76. The van der Waals surface area contributed by atoms with Crippen LogP contribution in [0.1, 0.15) is 23.8 Å². The monoisotopic (exact) mass is 260 g/mol. The van der Waals surface area contributed by atoms with Crippen LogP contribution < -0.4 is 10.6 Å². The van der Waals surface area contributed by atoms with Crippen molar-refractivity contribution in [3.63, 3.8) is 0 Å². The van der Waals surface area contributed by atoms with Crippen molar-refractivity contribution in [1.82, 2.24) is 20.4 Å². The van der Waals surface area contributed by atoms with Gasteiger partial charge in [-0.1, -0.05) is 25.1 Å². The molecular weight excluding hydrogens is 240 g/mol. The lowest BCUT2D eigenvalue weighted by molar-refractivity contribution is 0.0949. The number of rotatable bonds is 6. The highest BCUT2D eigenvalue weighted by Gasteiger charge is 2.14. The van der Waals surface area contributed by atoms with E-state index in [1.807, 2.05) is 31.3 Å². The smallest absolute Gasteiger partial charge is 0.272 e. The third-order valence-corrected chi connectivity index (χ3v) is 3.04. The molecule has 0 radical (unpaired) electrons. The van der Waals surface area contributed by atoms with E-state index in [4.69, 9.17) is 0 Å². The van der Waals surface area contributed by atoms with E-state index >= 15 is 0 Å². The Morgan fingerprint density at radius 1 is 1.32 bits per heavy atom. The first-order valence-corrected chi connectivity index (χ1v) is 6.64. The molecule has 0 saturated carbocycles. The van der Waals surface area contributed by atoms with Crippen LogP contribution in [0.15, 0.2) is 24.3 Å². The zero-order valence-electron chi connectivity index (χ0n) is 11.4. The second kappa shape index (κ2) is 6.33. The second-order valence-corrected chi connectivity index (χ2v) is 4.45. The summed E-state index contributed by atoms with van der Waals surface area (Å²) in [5.74, 6) is -0.103. The molecule has 1 amide bonds. The van der Waals surface area contributed by atoms with E-state index in [1.54, 1.807) is 4.68 Å². The first-order valence-electron chi connectivity index (χ1n) is 6.64. The third kappa shape index (κ3) is 3.12. The Labute approximate surface area is 113 Å². The molecule has 1 aromatic heterocycles. The number of hydrogen-bond acceptors (Lipinski definition) is 3. The molecule has 0 aliphatic carbocycles. The predicted molar refractivity (Wildman–Crippen MR) is 76.2 cm³/mol. The van der Waals surface area contributed by atoms with Gasteiger partial charge in [0.2, 0.25) is 0 Å². The minimum Gasteiger partial charge on any atom is -0.351 e. The molecule has 0 saturated heterocycles. The van der Waals surface area contributed by atoms with E-state index in [-0.39, 0.29) is 5.91 Å². The van der Waals surface area contributed by atoms with Crippen LogP contribution in [0.5, 0.6) is 0 Å². The molecule has 2 aromatic rings. The quantitative estimate of drug-likeness (QED) is 0.770. The number of carbonyl (C=O) groups is 1. The lowest BCUT2D eigenvalue weighted by atomic mass is 10.2. The lowest BCUT2D eigenvalue weighted by Gasteiger charge is -2.03. The van der Waals surface area contributed by atoms with E-state index in [2.05, 4.69) is 22.7 Å². The maximum Gasteiger partial charge on any atom is 0.272 e. The van der Waals surface area contributed by atoms with Crippen molar-refractivity contribution in [2.75, 3.05) is 19.6 Å². The molecule has 2 rings (SSSR count). The minimum atomic E-state index is -0.103. The van der Waals surface area contributed by atoms with Gasteiger partial charge in [0, 0.05) is 19.0 Å². The molecule has 0 aliphatic rings. The van der Waals surface area contributed by atoms with Gasteiger partial charge in [-0.2, -0.15) is 5.10 Å². The Hall–Kier alpha value is -1.88. The molecule has 0 fully saturated rings. The zero-order chi connectivity index (χ0) is 13.7. The molecule has 1 heterocycles. The van der Waals surface area contributed by atoms with Crippen LogP contribution in [0.3, 0.4) is 0 Å². The van der Waals surface area contributed by atoms with Gasteiger partial charge in [0.1, 0.15) is 0 Å². The number of aromatic nitrogens is 2. The molecule has 0 atom stereocenters. The summed E-state index contributed by atoms with van der Waals surface area (Å²) >= 11 is 0. The maximum absolute atomic E-state index is 12.1. The van der Waals surface area contributed by atoms with E-state index in [1.165, 1.54) is 0 Å². The van der Waals surface area contributed by atoms with Crippen molar-refractivity contribution in [3.8, 4) is 0 Å². The first-order chi connectivity index (χ1) is 9.24. The predicted octanol–water partition coefficient (Wildman–Crippen LogP) is 1.30. The van der Waals surface area contributed by atoms with Gasteiger partial charge in [0.05, 0.1) is 5.52 Å². The molecule has 0 unspecified atom stereocenters. The number of nitrogens with one attached hydrogen (secondary N) is 2. The van der Waals surface area contributed by atoms with Crippen LogP contribution in [-0.2, 0) is 7.05 Å². The Balaban J connectivity index is 2.01. The number of para-hydroxylation sites is 1. The fourth-order valence-corrected chi connectivity index (χ4v) is 2.06. The Morgan fingerprint density at radius 3 is 2.89 bits per heavy atom. The Kier molecular flexibility index (Phi) is 4.52. The van der Waals surface area contributed by atoms with Crippen molar-refractivity contribution >= 4 is 16.8 Å². The average Bonchev–Trinajstić information content (AvgIpc) is 2.76. The summed E-state index contributed by atoms with van der Waals surface area (Å²) in [5, 5.41) is 11.3. The van der Waals surface area contributed by atoms with Crippen molar-refractivity contribution < 1.29 is 4.79 Å². The highest BCUT2D eigenvalue weighted by atomic mass is 16.1. The summed E-state index contributed by atoms with van der Waals surface area (Å²) in [7, 11) is 1.85. The number of aryl methyl sites for hydroxylation is 1. The summed E-state index contributed by atoms with van der Waals surface area (Å²) < 4.78 is 1.74. The molecule has 5 nitrogen and oxygen atoms in total. The van der Waals surface area contributed by atoms with Crippen LogP contribution in [0.25, 0.3) is 10.9 Å². The van der Waals surface area contributed by atoms with Crippen LogP contribution >= 0.6 is 0 Å². The number of hydrogen-bond donors (Lipinski definition) is 2. The fourth-order valence-electron chi connectivity index (χ4n) is 2.06. The second-order valence-electron chi connectivity index (χ2n) is 4.45. The zero-order valence-corrected chi connectivity index (χ0v) is 11.4. The SMILES string of the molecule is CCNCCCNC(=O)c1nn(C)c2ccccc12. The summed E-state index contributed by atoms with van der Waals surface area (Å²) in [4.78, 5) is 12.1. The summed E-state index contributed by atoms with van der Waals surface area (Å²) in [6.07, 6.45) is 0.921. The van der Waals surface area contributed by atoms with Gasteiger partial charge in [0.15, 0.2) is 5.69 Å². The largest absolute Gasteiger partial charge is 0.351 e. The van der Waals surface area contributed by atoms with E-state index in [0.29, 0.717) is 12.2 Å². The van der Waals surface area contributed by atoms with E-state index < -0.39 is 0 Å². The van der Waals surface area contributed by atoms with Gasteiger partial charge in [0.25, 0.3) is 5.91 Å². The van der Waals surface area contributed by atoms with Crippen LogP contribution in [0, 0.1) is 0 Å². The van der Waals surface area contributed by atoms with Crippen molar-refractivity contribution in [2.24, 2.45) is 7.05 Å². The molecular formula is C14H20N4O. The van der Waals surface area contributed by atoms with Gasteiger partial charge < -0.3 is 10.6 Å². The number of carbonyl (C=O) groups excluding carboxylic acids is 1. The van der Waals surface area contributed by atoms with Crippen molar-refractivity contribution in [2.45, 2.75) is 13.3 Å². The molecule has 19 heavy (non-hydrogen) atoms. The number of fused-ring (bicyclic) bond motifs is 1. The minimum absolute atomic E-state index is 0.103. The number of amides is 1. The molecule has 102 valence electrons. The molecule has 2 N–H and O–H groups in total. The van der Waals surface area contributed by atoms with Gasteiger partial charge in [-0.15, -0.1) is 0 Å². The van der Waals surface area contributed by atoms with Gasteiger partial charge >= 0.3 is 0 Å². The Bertz CT molecular complexity index is 562. The molecule has 0 aliphatic heterocycles. The van der Waals surface area contributed by atoms with Crippen LogP contribution in [0.4, 0.5) is 0 Å². The first kappa shape index (κ1) is 13.5. The standard InChI is InChI=1S/C14H20N4O/c1-3-15-9-6-10-16-14(19)13-11-7-4-5-8-12(11)18(2)17-13/h4-5,7-8,15H,3,6,9-10H2,1-2H3,(H,16,19). The Morgan fingerprint density at radius 2 is 2.11 bits per heavy atom. The number of benzene rings is 1. The summed E-state index contributed by atoms with van der Waals surface area (Å²) in [6.45, 7) is 4.61. The van der Waals surface area contributed by atoms with E-state index in [9.17, 15) is 4.79 Å². The lowest BCUT2D eigenvalue weighted by Crippen LogP contribution is -2.27. The average molecular weight is 260 g/mol. The van der Waals surface area contributed by atoms with Crippen molar-refractivity contribution in [3.05, 3.63) is 30.0 Å². The number of nitrogens with zero attached hydrogens (tertiary/aromatic N) is 2. The van der Waals surface area contributed by atoms with Crippen LogP contribution in [-0.4, -0.2) is 35.3 Å². The highest BCUT2D eigenvalue weighted by Crippen LogP contribution is 2.16. The molecule has 1 aromatic carbocycles. The maximum atomic E-state index is 12.1. The van der Waals surface area contributed by atoms with Gasteiger partial charge in [-0.3, -0.25) is 9.48 Å². The molecule has 0 bridgehead atoms. The molecule has 0 spiro atoms.